The van der Waals surface area contributed by atoms with E-state index >= 15 is 0 Å². The molecule has 2 heterocycles. The summed E-state index contributed by atoms with van der Waals surface area (Å²) in [6.45, 7) is 0.449. The molecular formula is C21H27N3O4S2. The summed E-state index contributed by atoms with van der Waals surface area (Å²) in [7, 11) is 5.45. The topological polar surface area (TPSA) is 100 Å². The first-order valence-electron chi connectivity index (χ1n) is 10.1. The molecule has 30 heavy (non-hydrogen) atoms. The standard InChI is InChI=1S/C21H27N3O4S2/c1-24-16-8-4-3-7-15(16)19(26)18(21(24)28)20(27)23-12-11-22-17(25)9-5-2-6-14-10-13-29-30-14/h3-4,7-8,14,26H,2,5-6,9-13H2,1H3,(H,22,25)(H,23,27). The second kappa shape index (κ2) is 10.8. The quantitative estimate of drug-likeness (QED) is 0.402. The van der Waals surface area contributed by atoms with Crippen LogP contribution in [0.4, 0.5) is 0 Å². The zero-order valence-corrected chi connectivity index (χ0v) is 18.6. The summed E-state index contributed by atoms with van der Waals surface area (Å²) in [5.41, 5.74) is -0.300. The van der Waals surface area contributed by atoms with Crippen molar-refractivity contribution >= 4 is 44.3 Å². The number of aromatic nitrogens is 1. The molecule has 7 nitrogen and oxygen atoms in total. The Morgan fingerprint density at radius 1 is 1.20 bits per heavy atom. The molecule has 1 fully saturated rings. The van der Waals surface area contributed by atoms with E-state index in [4.69, 9.17) is 0 Å². The number of carbonyl (C=O) groups is 2. The van der Waals surface area contributed by atoms with Crippen molar-refractivity contribution < 1.29 is 14.7 Å². The van der Waals surface area contributed by atoms with Crippen molar-refractivity contribution in [2.45, 2.75) is 37.4 Å². The molecule has 0 saturated carbocycles. The van der Waals surface area contributed by atoms with E-state index in [1.807, 2.05) is 21.6 Å². The van der Waals surface area contributed by atoms with Crippen LogP contribution in [0.5, 0.6) is 5.75 Å². The fourth-order valence-electron chi connectivity index (χ4n) is 3.46. The van der Waals surface area contributed by atoms with Crippen molar-refractivity contribution in [2.75, 3.05) is 18.8 Å². The van der Waals surface area contributed by atoms with Gasteiger partial charge < -0.3 is 20.3 Å². The van der Waals surface area contributed by atoms with E-state index < -0.39 is 11.5 Å². The molecule has 162 valence electrons. The normalized spacial score (nSPS) is 16.0. The molecule has 1 aromatic carbocycles. The third-order valence-electron chi connectivity index (χ3n) is 5.14. The first-order valence-corrected chi connectivity index (χ1v) is 12.5. The molecule has 3 rings (SSSR count). The summed E-state index contributed by atoms with van der Waals surface area (Å²) in [5, 5.41) is 17.0. The number of amides is 2. The Bertz CT molecular complexity index is 971. The highest BCUT2D eigenvalue weighted by Gasteiger charge is 2.20. The van der Waals surface area contributed by atoms with Crippen LogP contribution in [0.15, 0.2) is 29.1 Å². The Balaban J connectivity index is 1.43. The van der Waals surface area contributed by atoms with Gasteiger partial charge in [-0.15, -0.1) is 0 Å². The van der Waals surface area contributed by atoms with Crippen LogP contribution in [0.1, 0.15) is 42.5 Å². The third-order valence-corrected chi connectivity index (χ3v) is 8.15. The zero-order valence-electron chi connectivity index (χ0n) is 17.0. The first kappa shape index (κ1) is 22.6. The van der Waals surface area contributed by atoms with Gasteiger partial charge in [-0.2, -0.15) is 0 Å². The summed E-state index contributed by atoms with van der Waals surface area (Å²) in [5.74, 6) is 0.209. The second-order valence-electron chi connectivity index (χ2n) is 7.29. The fraction of sp³-hybridized carbons (Fsp3) is 0.476. The number of para-hydroxylation sites is 1. The molecule has 2 aromatic rings. The lowest BCUT2D eigenvalue weighted by Crippen LogP contribution is -2.37. The smallest absolute Gasteiger partial charge is 0.267 e. The van der Waals surface area contributed by atoms with Gasteiger partial charge in [0.05, 0.1) is 5.52 Å². The van der Waals surface area contributed by atoms with Gasteiger partial charge in [-0.1, -0.05) is 40.1 Å². The minimum absolute atomic E-state index is 0.0397. The Morgan fingerprint density at radius 3 is 2.73 bits per heavy atom. The van der Waals surface area contributed by atoms with E-state index in [-0.39, 0.29) is 30.3 Å². The molecule has 0 spiro atoms. The van der Waals surface area contributed by atoms with Crippen LogP contribution in [0, 0.1) is 0 Å². The lowest BCUT2D eigenvalue weighted by atomic mass is 10.1. The third kappa shape index (κ3) is 5.51. The van der Waals surface area contributed by atoms with Crippen LogP contribution >= 0.6 is 21.6 Å². The second-order valence-corrected chi connectivity index (χ2v) is 10.1. The van der Waals surface area contributed by atoms with Crippen molar-refractivity contribution in [3.05, 3.63) is 40.2 Å². The van der Waals surface area contributed by atoms with E-state index in [9.17, 15) is 19.5 Å². The molecule has 3 N–H and O–H groups in total. The van der Waals surface area contributed by atoms with Gasteiger partial charge in [0.25, 0.3) is 11.5 Å². The highest BCUT2D eigenvalue weighted by atomic mass is 33.1. The Kier molecular flexibility index (Phi) is 8.09. The predicted octanol–water partition coefficient (Wildman–Crippen LogP) is 2.80. The minimum atomic E-state index is -0.653. The number of nitrogens with zero attached hydrogens (tertiary/aromatic N) is 1. The number of unbranched alkanes of at least 4 members (excludes halogenated alkanes) is 1. The molecule has 2 amide bonds. The van der Waals surface area contributed by atoms with Gasteiger partial charge in [-0.3, -0.25) is 14.4 Å². The number of pyridine rings is 1. The first-order chi connectivity index (χ1) is 14.5. The molecule has 1 aromatic heterocycles. The van der Waals surface area contributed by atoms with E-state index in [0.29, 0.717) is 17.3 Å². The van der Waals surface area contributed by atoms with Crippen LogP contribution < -0.4 is 16.2 Å². The van der Waals surface area contributed by atoms with Gasteiger partial charge in [0.1, 0.15) is 11.3 Å². The predicted molar refractivity (Wildman–Crippen MR) is 123 cm³/mol. The van der Waals surface area contributed by atoms with E-state index in [2.05, 4.69) is 10.6 Å². The number of nitrogens with one attached hydrogen (secondary N) is 2. The summed E-state index contributed by atoms with van der Waals surface area (Å²) in [4.78, 5) is 36.9. The average Bonchev–Trinajstić information content (AvgIpc) is 3.26. The Hall–Kier alpha value is -2.13. The maximum atomic E-state index is 12.5. The molecular weight excluding hydrogens is 422 g/mol. The lowest BCUT2D eigenvalue weighted by Gasteiger charge is -2.12. The summed E-state index contributed by atoms with van der Waals surface area (Å²) in [6.07, 6.45) is 4.81. The molecule has 0 radical (unpaired) electrons. The molecule has 1 aliphatic heterocycles. The van der Waals surface area contributed by atoms with Crippen molar-refractivity contribution in [3.63, 3.8) is 0 Å². The van der Waals surface area contributed by atoms with Crippen molar-refractivity contribution in [1.82, 2.24) is 15.2 Å². The van der Waals surface area contributed by atoms with Gasteiger partial charge in [-0.05, 0) is 31.4 Å². The van der Waals surface area contributed by atoms with Gasteiger partial charge in [-0.25, -0.2) is 0 Å². The molecule has 9 heteroatoms. The Labute approximate surface area is 183 Å². The number of hydrogen-bond donors (Lipinski definition) is 3. The molecule has 1 atom stereocenters. The van der Waals surface area contributed by atoms with Crippen LogP contribution in [0.2, 0.25) is 0 Å². The van der Waals surface area contributed by atoms with Crippen LogP contribution in [0.25, 0.3) is 10.9 Å². The fourth-order valence-corrected chi connectivity index (χ4v) is 6.49. The summed E-state index contributed by atoms with van der Waals surface area (Å²) < 4.78 is 1.34. The number of aryl methyl sites for hydroxylation is 1. The number of rotatable bonds is 9. The number of hydrogen-bond acceptors (Lipinski definition) is 6. The minimum Gasteiger partial charge on any atom is -0.506 e. The molecule has 0 aliphatic carbocycles. The van der Waals surface area contributed by atoms with E-state index in [1.165, 1.54) is 16.7 Å². The van der Waals surface area contributed by atoms with Crippen molar-refractivity contribution in [2.24, 2.45) is 7.05 Å². The summed E-state index contributed by atoms with van der Waals surface area (Å²) in [6, 6.07) is 6.86. The number of fused-ring (bicyclic) bond motifs is 1. The largest absolute Gasteiger partial charge is 0.506 e. The van der Waals surface area contributed by atoms with Gasteiger partial charge in [0.15, 0.2) is 0 Å². The summed E-state index contributed by atoms with van der Waals surface area (Å²) >= 11 is 0. The van der Waals surface area contributed by atoms with Crippen molar-refractivity contribution in [1.29, 1.82) is 0 Å². The van der Waals surface area contributed by atoms with E-state index in [0.717, 1.165) is 24.5 Å². The molecule has 1 aliphatic rings. The molecule has 1 unspecified atom stereocenters. The van der Waals surface area contributed by atoms with Gasteiger partial charge in [0.2, 0.25) is 5.91 Å². The zero-order chi connectivity index (χ0) is 21.5. The highest BCUT2D eigenvalue weighted by molar-refractivity contribution is 8.77. The van der Waals surface area contributed by atoms with Gasteiger partial charge in [0, 0.05) is 42.9 Å². The van der Waals surface area contributed by atoms with Crippen LogP contribution in [-0.2, 0) is 11.8 Å². The average molecular weight is 450 g/mol. The maximum Gasteiger partial charge on any atom is 0.267 e. The monoisotopic (exact) mass is 449 g/mol. The van der Waals surface area contributed by atoms with Crippen LogP contribution in [0.3, 0.4) is 0 Å². The van der Waals surface area contributed by atoms with E-state index in [1.54, 1.807) is 31.3 Å². The molecule has 1 saturated heterocycles. The number of benzene rings is 1. The number of aromatic hydroxyl groups is 1. The lowest BCUT2D eigenvalue weighted by molar-refractivity contribution is -0.121. The van der Waals surface area contributed by atoms with Gasteiger partial charge >= 0.3 is 0 Å². The van der Waals surface area contributed by atoms with Crippen molar-refractivity contribution in [3.8, 4) is 5.75 Å². The maximum absolute atomic E-state index is 12.5. The highest BCUT2D eigenvalue weighted by Crippen LogP contribution is 2.39. The van der Waals surface area contributed by atoms with Crippen LogP contribution in [-0.4, -0.2) is 45.6 Å². The SMILES string of the molecule is Cn1c(=O)c(C(=O)NCCNC(=O)CCCCC2CCSS2)c(O)c2ccccc21. The number of carbonyl (C=O) groups excluding carboxylic acids is 2. The molecule has 0 bridgehead atoms. The Morgan fingerprint density at radius 2 is 1.97 bits per heavy atom.